The van der Waals surface area contributed by atoms with Crippen LogP contribution in [0.4, 0.5) is 4.79 Å². The Morgan fingerprint density at radius 2 is 2.00 bits per heavy atom. The van der Waals surface area contributed by atoms with Crippen LogP contribution in [0.3, 0.4) is 0 Å². The van der Waals surface area contributed by atoms with Crippen molar-refractivity contribution in [2.24, 2.45) is 0 Å². The molecule has 0 aliphatic rings. The molecule has 0 spiro atoms. The fraction of sp³-hybridized carbons (Fsp3) is 0. The monoisotopic (exact) mass is 187 g/mol. The molecule has 4 nitrogen and oxygen atoms in total. The summed E-state index contributed by atoms with van der Waals surface area (Å²) in [5, 5.41) is 8.31. The van der Waals surface area contributed by atoms with Gasteiger partial charge in [-0.2, -0.15) is 0 Å². The van der Waals surface area contributed by atoms with Gasteiger partial charge >= 0.3 is 6.09 Å². The van der Waals surface area contributed by atoms with Crippen LogP contribution in [0, 0.1) is 0 Å². The maximum absolute atomic E-state index is 10.2. The summed E-state index contributed by atoms with van der Waals surface area (Å²) in [6.07, 6.45) is -1.36. The molecule has 0 unspecified atom stereocenters. The number of halogens is 1. The van der Waals surface area contributed by atoms with Crippen LogP contribution in [0.25, 0.3) is 0 Å². The number of para-hydroxylation sites is 1. The van der Waals surface area contributed by atoms with Crippen LogP contribution in [0.15, 0.2) is 30.3 Å². The number of nitrogens with zero attached hydrogens (tertiary/aromatic N) is 1. The Labute approximate surface area is 74.0 Å². The molecule has 1 N–H and O–H groups in total. The van der Waals surface area contributed by atoms with Crippen LogP contribution in [0.2, 0.25) is 0 Å². The van der Waals surface area contributed by atoms with Gasteiger partial charge < -0.3 is 9.94 Å². The molecular weight excluding hydrogens is 182 g/mol. The third kappa shape index (κ3) is 2.32. The van der Waals surface area contributed by atoms with Crippen molar-refractivity contribution in [2.75, 3.05) is 0 Å². The van der Waals surface area contributed by atoms with Crippen LogP contribution in [0.1, 0.15) is 0 Å². The summed E-state index contributed by atoms with van der Waals surface area (Å²) in [5.74, 6) is 0.370. The molecule has 5 heteroatoms. The highest BCUT2D eigenvalue weighted by Gasteiger charge is 2.09. The standard InChI is InChI=1S/C7H6ClNO3/c8-9(7(10)11)12-6-4-2-1-3-5-6/h1-5H,(H,10,11). The minimum absolute atomic E-state index is 0.218. The largest absolute Gasteiger partial charge is 0.462 e. The lowest BCUT2D eigenvalue weighted by molar-refractivity contribution is 0.0413. The van der Waals surface area contributed by atoms with E-state index in [0.29, 0.717) is 5.75 Å². The predicted octanol–water partition coefficient (Wildman–Crippen LogP) is 2.11. The lowest BCUT2D eigenvalue weighted by Crippen LogP contribution is -2.22. The SMILES string of the molecule is O=C(O)N(Cl)Oc1ccccc1. The topological polar surface area (TPSA) is 49.8 Å². The minimum atomic E-state index is -1.36. The van der Waals surface area contributed by atoms with Gasteiger partial charge in [0.15, 0.2) is 5.75 Å². The Morgan fingerprint density at radius 1 is 1.42 bits per heavy atom. The van der Waals surface area contributed by atoms with E-state index in [0.717, 1.165) is 0 Å². The number of rotatable bonds is 2. The maximum Gasteiger partial charge on any atom is 0.456 e. The Morgan fingerprint density at radius 3 is 2.50 bits per heavy atom. The molecular formula is C7H6ClNO3. The molecule has 0 saturated heterocycles. The third-order valence-corrected chi connectivity index (χ3v) is 1.29. The van der Waals surface area contributed by atoms with E-state index in [9.17, 15) is 4.79 Å². The van der Waals surface area contributed by atoms with Crippen molar-refractivity contribution < 1.29 is 14.7 Å². The Bertz CT molecular complexity index is 265. The molecule has 64 valence electrons. The first-order valence-electron chi connectivity index (χ1n) is 3.12. The number of hydrogen-bond donors (Lipinski definition) is 1. The van der Waals surface area contributed by atoms with Crippen molar-refractivity contribution in [3.63, 3.8) is 0 Å². The molecule has 0 atom stereocenters. The summed E-state index contributed by atoms with van der Waals surface area (Å²) in [7, 11) is 0. The molecule has 1 amide bonds. The molecule has 0 aliphatic heterocycles. The van der Waals surface area contributed by atoms with Crippen molar-refractivity contribution in [3.05, 3.63) is 30.3 Å². The zero-order valence-electron chi connectivity index (χ0n) is 5.98. The number of carboxylic acid groups (broad SMARTS) is 1. The molecule has 12 heavy (non-hydrogen) atoms. The average Bonchev–Trinajstić information content (AvgIpc) is 2.06. The quantitative estimate of drug-likeness (QED) is 0.570. The van der Waals surface area contributed by atoms with E-state index in [1.807, 2.05) is 0 Å². The van der Waals surface area contributed by atoms with Gasteiger partial charge in [-0.3, -0.25) is 0 Å². The molecule has 0 heterocycles. The van der Waals surface area contributed by atoms with E-state index in [-0.39, 0.29) is 4.58 Å². The van der Waals surface area contributed by atoms with Gasteiger partial charge in [-0.15, -0.1) is 0 Å². The average molecular weight is 188 g/mol. The van der Waals surface area contributed by atoms with Crippen LogP contribution < -0.4 is 4.84 Å². The summed E-state index contributed by atoms with van der Waals surface area (Å²) in [6, 6.07) is 8.40. The summed E-state index contributed by atoms with van der Waals surface area (Å²) in [5.41, 5.74) is 0. The van der Waals surface area contributed by atoms with E-state index in [2.05, 4.69) is 4.84 Å². The molecule has 0 radical (unpaired) electrons. The van der Waals surface area contributed by atoms with E-state index in [1.54, 1.807) is 30.3 Å². The van der Waals surface area contributed by atoms with Crippen molar-refractivity contribution in [3.8, 4) is 5.75 Å². The number of carbonyl (C=O) groups is 1. The lowest BCUT2D eigenvalue weighted by atomic mass is 10.3. The van der Waals surface area contributed by atoms with E-state index in [4.69, 9.17) is 16.9 Å². The van der Waals surface area contributed by atoms with Crippen molar-refractivity contribution in [1.29, 1.82) is 0 Å². The van der Waals surface area contributed by atoms with Crippen LogP contribution in [-0.2, 0) is 0 Å². The highest BCUT2D eigenvalue weighted by atomic mass is 35.5. The summed E-state index contributed by atoms with van der Waals surface area (Å²) < 4.78 is 0.218. The van der Waals surface area contributed by atoms with Gasteiger partial charge in [0.2, 0.25) is 0 Å². The smallest absolute Gasteiger partial charge is 0.456 e. The van der Waals surface area contributed by atoms with Crippen LogP contribution >= 0.6 is 11.8 Å². The van der Waals surface area contributed by atoms with E-state index in [1.165, 1.54) is 0 Å². The van der Waals surface area contributed by atoms with Gasteiger partial charge in [0.05, 0.1) is 11.8 Å². The first-order chi connectivity index (χ1) is 5.70. The first-order valence-corrected chi connectivity index (χ1v) is 3.46. The molecule has 0 aliphatic carbocycles. The molecule has 1 rings (SSSR count). The third-order valence-electron chi connectivity index (χ3n) is 1.08. The number of hydroxylamine groups is 1. The van der Waals surface area contributed by atoms with Crippen LogP contribution in [-0.4, -0.2) is 15.8 Å². The molecule has 0 aromatic heterocycles. The second kappa shape index (κ2) is 3.82. The number of hydrogen-bond acceptors (Lipinski definition) is 2. The van der Waals surface area contributed by atoms with Gasteiger partial charge in [-0.25, -0.2) is 4.79 Å². The van der Waals surface area contributed by atoms with Gasteiger partial charge in [-0.05, 0) is 16.7 Å². The minimum Gasteiger partial charge on any atom is -0.462 e. The molecule has 0 bridgehead atoms. The zero-order valence-corrected chi connectivity index (χ0v) is 6.73. The van der Waals surface area contributed by atoms with Gasteiger partial charge in [0.25, 0.3) is 0 Å². The molecule has 0 saturated carbocycles. The highest BCUT2D eigenvalue weighted by Crippen LogP contribution is 2.11. The Hall–Kier alpha value is -1.42. The van der Waals surface area contributed by atoms with Crippen molar-refractivity contribution >= 4 is 17.9 Å². The van der Waals surface area contributed by atoms with E-state index >= 15 is 0 Å². The Kier molecular flexibility index (Phi) is 2.76. The van der Waals surface area contributed by atoms with Crippen molar-refractivity contribution in [1.82, 2.24) is 4.58 Å². The predicted molar refractivity (Wildman–Crippen MR) is 42.8 cm³/mol. The van der Waals surface area contributed by atoms with E-state index < -0.39 is 6.09 Å². The van der Waals surface area contributed by atoms with Gasteiger partial charge in [-0.1, -0.05) is 18.2 Å². The summed E-state index contributed by atoms with van der Waals surface area (Å²) in [4.78, 5) is 14.8. The normalized spacial score (nSPS) is 9.08. The lowest BCUT2D eigenvalue weighted by Gasteiger charge is -2.09. The summed E-state index contributed by atoms with van der Waals surface area (Å²) >= 11 is 5.16. The fourth-order valence-corrected chi connectivity index (χ4v) is 0.693. The highest BCUT2D eigenvalue weighted by molar-refractivity contribution is 6.19. The summed E-state index contributed by atoms with van der Waals surface area (Å²) in [6.45, 7) is 0. The molecule has 0 fully saturated rings. The number of amides is 1. The van der Waals surface area contributed by atoms with Crippen molar-refractivity contribution in [2.45, 2.75) is 0 Å². The number of benzene rings is 1. The zero-order chi connectivity index (χ0) is 8.97. The second-order valence-electron chi connectivity index (χ2n) is 1.93. The second-order valence-corrected chi connectivity index (χ2v) is 2.24. The van der Waals surface area contributed by atoms with Gasteiger partial charge in [0, 0.05) is 0 Å². The first kappa shape index (κ1) is 8.67. The molecule has 1 aromatic carbocycles. The maximum atomic E-state index is 10.2. The van der Waals surface area contributed by atoms with Gasteiger partial charge in [0.1, 0.15) is 0 Å². The Balaban J connectivity index is 2.58. The molecule has 1 aromatic rings. The van der Waals surface area contributed by atoms with Crippen LogP contribution in [0.5, 0.6) is 5.75 Å². The fourth-order valence-electron chi connectivity index (χ4n) is 0.613.